The van der Waals surface area contributed by atoms with Crippen molar-refractivity contribution in [2.45, 2.75) is 13.1 Å². The number of benzene rings is 3. The van der Waals surface area contributed by atoms with E-state index in [4.69, 9.17) is 0 Å². The lowest BCUT2D eigenvalue weighted by Gasteiger charge is -2.27. The summed E-state index contributed by atoms with van der Waals surface area (Å²) in [7, 11) is 0. The van der Waals surface area contributed by atoms with Crippen LogP contribution in [0.5, 0.6) is 0 Å². The van der Waals surface area contributed by atoms with Crippen LogP contribution < -0.4 is 10.6 Å². The molecule has 1 aliphatic rings. The molecule has 5 nitrogen and oxygen atoms in total. The number of amides is 1. The van der Waals surface area contributed by atoms with E-state index in [0.717, 1.165) is 54.8 Å². The van der Waals surface area contributed by atoms with Gasteiger partial charge in [0.2, 0.25) is 0 Å². The first-order valence-electron chi connectivity index (χ1n) is 11.5. The number of fused-ring (bicyclic) bond motifs is 1. The highest BCUT2D eigenvalue weighted by molar-refractivity contribution is 6.05. The van der Waals surface area contributed by atoms with Gasteiger partial charge in [-0.1, -0.05) is 54.6 Å². The average molecular weight is 437 g/mol. The van der Waals surface area contributed by atoms with Crippen LogP contribution in [0.2, 0.25) is 0 Å². The van der Waals surface area contributed by atoms with E-state index in [1.165, 1.54) is 11.1 Å². The minimum Gasteiger partial charge on any atom is -0.348 e. The summed E-state index contributed by atoms with van der Waals surface area (Å²) in [5.74, 6) is -0.109. The first-order chi connectivity index (χ1) is 16.3. The first-order valence-corrected chi connectivity index (χ1v) is 11.5. The van der Waals surface area contributed by atoms with Crippen molar-refractivity contribution in [3.05, 3.63) is 102 Å². The van der Waals surface area contributed by atoms with Gasteiger partial charge in [0.1, 0.15) is 0 Å². The molecule has 0 unspecified atom stereocenters. The molecule has 1 aromatic heterocycles. The number of carbonyl (C=O) groups is 1. The molecule has 1 saturated heterocycles. The van der Waals surface area contributed by atoms with Crippen LogP contribution in [-0.4, -0.2) is 42.0 Å². The minimum atomic E-state index is -0.109. The monoisotopic (exact) mass is 436 g/mol. The van der Waals surface area contributed by atoms with Crippen LogP contribution in [0.3, 0.4) is 0 Å². The van der Waals surface area contributed by atoms with Gasteiger partial charge in [-0.25, -0.2) is 0 Å². The number of para-hydroxylation sites is 1. The van der Waals surface area contributed by atoms with Crippen LogP contribution in [0.15, 0.2) is 85.1 Å². The second-order valence-electron chi connectivity index (χ2n) is 8.49. The molecule has 3 aromatic carbocycles. The highest BCUT2D eigenvalue weighted by Crippen LogP contribution is 2.23. The highest BCUT2D eigenvalue weighted by Gasteiger charge is 2.12. The van der Waals surface area contributed by atoms with Crippen molar-refractivity contribution in [3.63, 3.8) is 0 Å². The quantitative estimate of drug-likeness (QED) is 0.475. The molecule has 1 amide bonds. The van der Waals surface area contributed by atoms with Crippen molar-refractivity contribution in [2.75, 3.05) is 26.2 Å². The largest absolute Gasteiger partial charge is 0.348 e. The molecule has 1 aliphatic heterocycles. The van der Waals surface area contributed by atoms with Crippen LogP contribution in [0.1, 0.15) is 21.5 Å². The van der Waals surface area contributed by atoms with Crippen LogP contribution in [0.4, 0.5) is 0 Å². The average Bonchev–Trinajstić information content (AvgIpc) is 2.88. The van der Waals surface area contributed by atoms with Gasteiger partial charge in [0.05, 0.1) is 11.1 Å². The Morgan fingerprint density at radius 2 is 1.58 bits per heavy atom. The van der Waals surface area contributed by atoms with E-state index in [1.807, 2.05) is 30.3 Å². The fraction of sp³-hybridized carbons (Fsp3) is 0.214. The summed E-state index contributed by atoms with van der Waals surface area (Å²) in [5.41, 5.74) is 6.10. The number of piperazine rings is 1. The Hall–Kier alpha value is -3.54. The molecule has 0 radical (unpaired) electrons. The summed E-state index contributed by atoms with van der Waals surface area (Å²) in [6.45, 7) is 5.74. The van der Waals surface area contributed by atoms with Crippen molar-refractivity contribution >= 4 is 16.8 Å². The Kier molecular flexibility index (Phi) is 6.42. The fourth-order valence-electron chi connectivity index (χ4n) is 4.40. The molecule has 2 heterocycles. The molecule has 5 heteroatoms. The number of hydrogen-bond donors (Lipinski definition) is 2. The topological polar surface area (TPSA) is 57.3 Å². The smallest absolute Gasteiger partial charge is 0.253 e. The van der Waals surface area contributed by atoms with Gasteiger partial charge in [0, 0.05) is 50.9 Å². The Morgan fingerprint density at radius 3 is 2.39 bits per heavy atom. The van der Waals surface area contributed by atoms with Crippen LogP contribution in [0.25, 0.3) is 22.0 Å². The third-order valence-electron chi connectivity index (χ3n) is 6.13. The third-order valence-corrected chi connectivity index (χ3v) is 6.13. The molecule has 33 heavy (non-hydrogen) atoms. The van der Waals surface area contributed by atoms with E-state index < -0.39 is 0 Å². The third kappa shape index (κ3) is 5.11. The molecule has 0 spiro atoms. The Morgan fingerprint density at radius 1 is 0.879 bits per heavy atom. The summed E-state index contributed by atoms with van der Waals surface area (Å²) in [6, 6.07) is 26.7. The fourth-order valence-corrected chi connectivity index (χ4v) is 4.40. The zero-order valence-electron chi connectivity index (χ0n) is 18.6. The summed E-state index contributed by atoms with van der Waals surface area (Å²) < 4.78 is 0. The second kappa shape index (κ2) is 9.94. The molecule has 0 aliphatic carbocycles. The zero-order chi connectivity index (χ0) is 22.5. The normalized spacial score (nSPS) is 14.3. The molecule has 1 fully saturated rings. The molecular formula is C28H28N4O. The molecule has 5 rings (SSSR count). The van der Waals surface area contributed by atoms with Crippen molar-refractivity contribution in [3.8, 4) is 11.1 Å². The Balaban J connectivity index is 1.28. The highest BCUT2D eigenvalue weighted by atomic mass is 16.1. The lowest BCUT2D eigenvalue weighted by atomic mass is 10.0. The number of nitrogens with one attached hydrogen (secondary N) is 2. The predicted molar refractivity (Wildman–Crippen MR) is 133 cm³/mol. The molecule has 166 valence electrons. The van der Waals surface area contributed by atoms with E-state index in [-0.39, 0.29) is 5.91 Å². The number of hydrogen-bond acceptors (Lipinski definition) is 4. The maximum atomic E-state index is 12.9. The van der Waals surface area contributed by atoms with Gasteiger partial charge in [-0.2, -0.15) is 0 Å². The maximum absolute atomic E-state index is 12.9. The standard InChI is InChI=1S/C28H28N4O/c33-28(26-11-3-7-23-10-4-12-30-27(23)26)31-19-21-5-1-8-24(17-21)25-9-2-6-22(18-25)20-32-15-13-29-14-16-32/h1-12,17-18,29H,13-16,19-20H2,(H,31,33). The van der Waals surface area contributed by atoms with E-state index in [0.29, 0.717) is 12.1 Å². The van der Waals surface area contributed by atoms with Gasteiger partial charge in [0.25, 0.3) is 5.91 Å². The summed E-state index contributed by atoms with van der Waals surface area (Å²) in [4.78, 5) is 19.7. The first kappa shape index (κ1) is 21.3. The SMILES string of the molecule is O=C(NCc1cccc(-c2cccc(CN3CCNCC3)c2)c1)c1cccc2cccnc12. The van der Waals surface area contributed by atoms with Gasteiger partial charge in [-0.05, 0) is 46.5 Å². The summed E-state index contributed by atoms with van der Waals surface area (Å²) in [6.07, 6.45) is 1.72. The molecule has 0 atom stereocenters. The Bertz CT molecular complexity index is 1260. The van der Waals surface area contributed by atoms with Crippen LogP contribution >= 0.6 is 0 Å². The van der Waals surface area contributed by atoms with Crippen LogP contribution in [0, 0.1) is 0 Å². The molecule has 0 saturated carbocycles. The zero-order valence-corrected chi connectivity index (χ0v) is 18.6. The molecule has 2 N–H and O–H groups in total. The summed E-state index contributed by atoms with van der Waals surface area (Å²) >= 11 is 0. The summed E-state index contributed by atoms with van der Waals surface area (Å²) in [5, 5.41) is 7.43. The van der Waals surface area contributed by atoms with Crippen LogP contribution in [-0.2, 0) is 13.1 Å². The minimum absolute atomic E-state index is 0.109. The number of pyridine rings is 1. The van der Waals surface area contributed by atoms with Gasteiger partial charge in [-0.3, -0.25) is 14.7 Å². The van der Waals surface area contributed by atoms with Gasteiger partial charge >= 0.3 is 0 Å². The van der Waals surface area contributed by atoms with E-state index >= 15 is 0 Å². The molecule has 4 aromatic rings. The molecular weight excluding hydrogens is 408 g/mol. The molecule has 0 bridgehead atoms. The van der Waals surface area contributed by atoms with Gasteiger partial charge < -0.3 is 10.6 Å². The lowest BCUT2D eigenvalue weighted by molar-refractivity contribution is 0.0952. The maximum Gasteiger partial charge on any atom is 0.253 e. The number of nitrogens with zero attached hydrogens (tertiary/aromatic N) is 2. The Labute approximate surface area is 194 Å². The number of carbonyl (C=O) groups excluding carboxylic acids is 1. The van der Waals surface area contributed by atoms with Crippen molar-refractivity contribution in [1.82, 2.24) is 20.5 Å². The number of rotatable bonds is 6. The van der Waals surface area contributed by atoms with Crippen molar-refractivity contribution < 1.29 is 4.79 Å². The lowest BCUT2D eigenvalue weighted by Crippen LogP contribution is -2.42. The van der Waals surface area contributed by atoms with E-state index in [1.54, 1.807) is 6.20 Å². The second-order valence-corrected chi connectivity index (χ2v) is 8.49. The van der Waals surface area contributed by atoms with E-state index in [9.17, 15) is 4.79 Å². The van der Waals surface area contributed by atoms with Crippen molar-refractivity contribution in [1.29, 1.82) is 0 Å². The van der Waals surface area contributed by atoms with Crippen molar-refractivity contribution in [2.24, 2.45) is 0 Å². The van der Waals surface area contributed by atoms with Gasteiger partial charge in [0.15, 0.2) is 0 Å². The van der Waals surface area contributed by atoms with Gasteiger partial charge in [-0.15, -0.1) is 0 Å². The predicted octanol–water partition coefficient (Wildman–Crippen LogP) is 4.24. The van der Waals surface area contributed by atoms with E-state index in [2.05, 4.69) is 69.0 Å². The number of aromatic nitrogens is 1.